The Kier molecular flexibility index (Phi) is 4.80. The number of hydrogen-bond donors (Lipinski definition) is 1. The predicted molar refractivity (Wildman–Crippen MR) is 74.2 cm³/mol. The number of nitrogens with zero attached hydrogens (tertiary/aromatic N) is 3. The van der Waals surface area contributed by atoms with Gasteiger partial charge in [-0.2, -0.15) is 0 Å². The lowest BCUT2D eigenvalue weighted by Gasteiger charge is -2.36. The molecule has 0 radical (unpaired) electrons. The lowest BCUT2D eigenvalue weighted by Crippen LogP contribution is -2.48. The quantitative estimate of drug-likeness (QED) is 0.844. The van der Waals surface area contributed by atoms with Crippen molar-refractivity contribution >= 4 is 17.4 Å². The SMILES string of the molecule is CC[C@@H](O)CN1CCN(c2cccc(Cl)n2)CC1. The average Bonchev–Trinajstić information content (AvgIpc) is 2.39. The van der Waals surface area contributed by atoms with Crippen molar-refractivity contribution in [2.45, 2.75) is 19.4 Å². The molecule has 1 aliphatic rings. The standard InChI is InChI=1S/C13H20ClN3O/c1-2-11(18)10-16-6-8-17(9-7-16)13-5-3-4-12(14)15-13/h3-5,11,18H,2,6-10H2,1H3/t11-/m1/s1. The van der Waals surface area contributed by atoms with Gasteiger partial charge in [-0.15, -0.1) is 0 Å². The van der Waals surface area contributed by atoms with Gasteiger partial charge in [0, 0.05) is 32.7 Å². The van der Waals surface area contributed by atoms with E-state index in [9.17, 15) is 5.11 Å². The first kappa shape index (κ1) is 13.6. The van der Waals surface area contributed by atoms with Gasteiger partial charge >= 0.3 is 0 Å². The molecule has 0 saturated carbocycles. The zero-order valence-corrected chi connectivity index (χ0v) is 11.5. The van der Waals surface area contributed by atoms with E-state index in [2.05, 4.69) is 14.8 Å². The van der Waals surface area contributed by atoms with Gasteiger partial charge in [0.2, 0.25) is 0 Å². The van der Waals surface area contributed by atoms with Crippen LogP contribution in [0.3, 0.4) is 0 Å². The summed E-state index contributed by atoms with van der Waals surface area (Å²) in [4.78, 5) is 8.86. The van der Waals surface area contributed by atoms with Crippen LogP contribution in [0.4, 0.5) is 5.82 Å². The first-order valence-electron chi connectivity index (χ1n) is 6.47. The van der Waals surface area contributed by atoms with Gasteiger partial charge in [0.1, 0.15) is 11.0 Å². The molecular weight excluding hydrogens is 250 g/mol. The summed E-state index contributed by atoms with van der Waals surface area (Å²) >= 11 is 5.90. The third kappa shape index (κ3) is 3.57. The van der Waals surface area contributed by atoms with E-state index in [1.165, 1.54) is 0 Å². The van der Waals surface area contributed by atoms with Crippen molar-refractivity contribution in [3.8, 4) is 0 Å². The summed E-state index contributed by atoms with van der Waals surface area (Å²) in [7, 11) is 0. The summed E-state index contributed by atoms with van der Waals surface area (Å²) in [5.41, 5.74) is 0. The molecule has 100 valence electrons. The van der Waals surface area contributed by atoms with Crippen LogP contribution >= 0.6 is 11.6 Å². The van der Waals surface area contributed by atoms with E-state index in [-0.39, 0.29) is 6.10 Å². The van der Waals surface area contributed by atoms with E-state index in [1.807, 2.05) is 19.1 Å². The van der Waals surface area contributed by atoms with Crippen LogP contribution in [-0.2, 0) is 0 Å². The largest absolute Gasteiger partial charge is 0.392 e. The summed E-state index contributed by atoms with van der Waals surface area (Å²) in [6.45, 7) is 6.58. The molecule has 4 nitrogen and oxygen atoms in total. The average molecular weight is 270 g/mol. The number of anilines is 1. The van der Waals surface area contributed by atoms with E-state index < -0.39 is 0 Å². The van der Waals surface area contributed by atoms with Crippen LogP contribution in [0.5, 0.6) is 0 Å². The van der Waals surface area contributed by atoms with Gasteiger partial charge in [0.15, 0.2) is 0 Å². The minimum atomic E-state index is -0.208. The lowest BCUT2D eigenvalue weighted by molar-refractivity contribution is 0.106. The highest BCUT2D eigenvalue weighted by atomic mass is 35.5. The molecule has 1 saturated heterocycles. The smallest absolute Gasteiger partial charge is 0.131 e. The second kappa shape index (κ2) is 6.36. The maximum Gasteiger partial charge on any atom is 0.131 e. The minimum Gasteiger partial charge on any atom is -0.392 e. The van der Waals surface area contributed by atoms with Crippen molar-refractivity contribution in [3.63, 3.8) is 0 Å². The maximum absolute atomic E-state index is 9.64. The molecule has 0 bridgehead atoms. The fourth-order valence-electron chi connectivity index (χ4n) is 2.16. The van der Waals surface area contributed by atoms with Crippen molar-refractivity contribution in [1.82, 2.24) is 9.88 Å². The van der Waals surface area contributed by atoms with Gasteiger partial charge in [0.25, 0.3) is 0 Å². The molecular formula is C13H20ClN3O. The molecule has 0 aromatic carbocycles. The molecule has 2 heterocycles. The normalized spacial score (nSPS) is 18.9. The van der Waals surface area contributed by atoms with E-state index in [1.54, 1.807) is 6.07 Å². The number of hydrogen-bond acceptors (Lipinski definition) is 4. The highest BCUT2D eigenvalue weighted by molar-refractivity contribution is 6.29. The van der Waals surface area contributed by atoms with Crippen molar-refractivity contribution in [3.05, 3.63) is 23.4 Å². The topological polar surface area (TPSA) is 39.6 Å². The number of halogens is 1. The molecule has 1 atom stereocenters. The van der Waals surface area contributed by atoms with Crippen LogP contribution in [0.1, 0.15) is 13.3 Å². The Labute approximate surface area is 113 Å². The second-order valence-corrected chi connectivity index (χ2v) is 5.06. The van der Waals surface area contributed by atoms with Crippen LogP contribution in [0.25, 0.3) is 0 Å². The number of β-amino-alcohol motifs (C(OH)–C–C–N with tert-alkyl or cyclic N) is 1. The van der Waals surface area contributed by atoms with E-state index in [0.29, 0.717) is 5.15 Å². The summed E-state index contributed by atoms with van der Waals surface area (Å²) in [6, 6.07) is 5.71. The molecule has 18 heavy (non-hydrogen) atoms. The van der Waals surface area contributed by atoms with Crippen molar-refractivity contribution in [1.29, 1.82) is 0 Å². The first-order valence-corrected chi connectivity index (χ1v) is 6.84. The zero-order chi connectivity index (χ0) is 13.0. The minimum absolute atomic E-state index is 0.208. The zero-order valence-electron chi connectivity index (χ0n) is 10.7. The highest BCUT2D eigenvalue weighted by Crippen LogP contribution is 2.16. The Morgan fingerprint density at radius 3 is 2.67 bits per heavy atom. The first-order chi connectivity index (χ1) is 8.69. The third-order valence-corrected chi connectivity index (χ3v) is 3.55. The van der Waals surface area contributed by atoms with Crippen molar-refractivity contribution in [2.24, 2.45) is 0 Å². The third-order valence-electron chi connectivity index (χ3n) is 3.34. The monoisotopic (exact) mass is 269 g/mol. The molecule has 0 spiro atoms. The fourth-order valence-corrected chi connectivity index (χ4v) is 2.32. The van der Waals surface area contributed by atoms with Gasteiger partial charge in [-0.1, -0.05) is 24.6 Å². The maximum atomic E-state index is 9.64. The fraction of sp³-hybridized carbons (Fsp3) is 0.615. The van der Waals surface area contributed by atoms with Crippen LogP contribution in [-0.4, -0.2) is 53.8 Å². The molecule has 1 fully saturated rings. The molecule has 0 amide bonds. The second-order valence-electron chi connectivity index (χ2n) is 4.67. The van der Waals surface area contributed by atoms with Gasteiger partial charge in [-0.25, -0.2) is 4.98 Å². The van der Waals surface area contributed by atoms with Crippen LogP contribution in [0, 0.1) is 0 Å². The number of pyridine rings is 1. The number of aliphatic hydroxyl groups is 1. The molecule has 1 aromatic rings. The van der Waals surface area contributed by atoms with Crippen LogP contribution < -0.4 is 4.90 Å². The molecule has 2 rings (SSSR count). The van der Waals surface area contributed by atoms with Crippen LogP contribution in [0.15, 0.2) is 18.2 Å². The van der Waals surface area contributed by atoms with Gasteiger partial charge in [-0.3, -0.25) is 4.90 Å². The van der Waals surface area contributed by atoms with Crippen molar-refractivity contribution < 1.29 is 5.11 Å². The molecule has 1 N–H and O–H groups in total. The van der Waals surface area contributed by atoms with Crippen molar-refractivity contribution in [2.75, 3.05) is 37.6 Å². The molecule has 0 unspecified atom stereocenters. The summed E-state index contributed by atoms with van der Waals surface area (Å²) < 4.78 is 0. The Balaban J connectivity index is 1.87. The summed E-state index contributed by atoms with van der Waals surface area (Å²) in [5.74, 6) is 0.943. The highest BCUT2D eigenvalue weighted by Gasteiger charge is 2.19. The van der Waals surface area contributed by atoms with E-state index >= 15 is 0 Å². The van der Waals surface area contributed by atoms with E-state index in [0.717, 1.165) is 45.0 Å². The number of aliphatic hydroxyl groups excluding tert-OH is 1. The number of piperazine rings is 1. The summed E-state index contributed by atoms with van der Waals surface area (Å²) in [6.07, 6.45) is 0.608. The molecule has 5 heteroatoms. The predicted octanol–water partition coefficient (Wildman–Crippen LogP) is 1.63. The lowest BCUT2D eigenvalue weighted by atomic mass is 10.2. The van der Waals surface area contributed by atoms with Gasteiger partial charge in [-0.05, 0) is 18.6 Å². The Bertz CT molecular complexity index is 380. The Morgan fingerprint density at radius 1 is 1.33 bits per heavy atom. The Hall–Kier alpha value is -0.840. The molecule has 1 aliphatic heterocycles. The molecule has 0 aliphatic carbocycles. The van der Waals surface area contributed by atoms with Crippen LogP contribution in [0.2, 0.25) is 5.15 Å². The number of aromatic nitrogens is 1. The molecule has 1 aromatic heterocycles. The Morgan fingerprint density at radius 2 is 2.06 bits per heavy atom. The number of rotatable bonds is 4. The van der Waals surface area contributed by atoms with Gasteiger partial charge in [0.05, 0.1) is 6.10 Å². The summed E-state index contributed by atoms with van der Waals surface area (Å²) in [5, 5.41) is 10.2. The van der Waals surface area contributed by atoms with E-state index in [4.69, 9.17) is 11.6 Å². The van der Waals surface area contributed by atoms with Gasteiger partial charge < -0.3 is 10.0 Å².